The molecule has 1 unspecified atom stereocenters. The number of nitrogens with two attached hydrogens (primary N) is 1. The van der Waals surface area contributed by atoms with Crippen LogP contribution in [0.5, 0.6) is 0 Å². The first-order chi connectivity index (χ1) is 26.9. The molecule has 56 heavy (non-hydrogen) atoms. The summed E-state index contributed by atoms with van der Waals surface area (Å²) in [6.45, 7) is 12.7. The fourth-order valence-electron chi connectivity index (χ4n) is 8.03. The normalized spacial score (nSPS) is 11.7. The largest absolute Gasteiger partial charge is 0.383 e. The molecule has 0 spiro atoms. The fraction of sp³-hybridized carbons (Fsp3) is 0.146. The number of carbonyl (C=O) groups is 1. The zero-order valence-electron chi connectivity index (χ0n) is 32.1. The van der Waals surface area contributed by atoms with Gasteiger partial charge in [0.15, 0.2) is 0 Å². The van der Waals surface area contributed by atoms with Crippen molar-refractivity contribution in [2.45, 2.75) is 46.4 Å². The number of aromatic nitrogens is 3. The van der Waals surface area contributed by atoms with E-state index < -0.39 is 0 Å². The second-order valence-electron chi connectivity index (χ2n) is 14.3. The van der Waals surface area contributed by atoms with Gasteiger partial charge in [-0.3, -0.25) is 4.40 Å². The van der Waals surface area contributed by atoms with Crippen LogP contribution in [-0.4, -0.2) is 20.7 Å². The molecule has 280 valence electrons. The van der Waals surface area contributed by atoms with Gasteiger partial charge < -0.3 is 10.5 Å². The van der Waals surface area contributed by atoms with Crippen molar-refractivity contribution in [3.8, 4) is 11.3 Å². The Labute approximate surface area is 352 Å². The lowest BCUT2D eigenvalue weighted by Gasteiger charge is -2.14. The molecule has 2 N–H and O–H groups in total. The van der Waals surface area contributed by atoms with Crippen molar-refractivity contribution in [1.29, 1.82) is 0 Å². The minimum absolute atomic E-state index is 0.173. The molecule has 0 saturated carbocycles. The Morgan fingerprint density at radius 1 is 0.625 bits per heavy atom. The van der Waals surface area contributed by atoms with Crippen molar-refractivity contribution in [3.63, 3.8) is 0 Å². The summed E-state index contributed by atoms with van der Waals surface area (Å²) in [4.78, 5) is 19.7. The summed E-state index contributed by atoms with van der Waals surface area (Å²) >= 11 is 10.5. The number of aryl methyl sites for hydroxylation is 6. The van der Waals surface area contributed by atoms with Gasteiger partial charge in [-0.2, -0.15) is 0 Å². The third-order valence-electron chi connectivity index (χ3n) is 10.2. The van der Waals surface area contributed by atoms with Gasteiger partial charge >= 0.3 is 0 Å². The summed E-state index contributed by atoms with van der Waals surface area (Å²) in [5, 5.41) is 6.92. The monoisotopic (exact) mass is 926 g/mol. The maximum Gasteiger partial charge on any atom is 0.145 e. The summed E-state index contributed by atoms with van der Waals surface area (Å²) in [7, 11) is 0. The van der Waals surface area contributed by atoms with E-state index in [0.29, 0.717) is 5.82 Å². The van der Waals surface area contributed by atoms with Crippen molar-refractivity contribution < 1.29 is 4.79 Å². The van der Waals surface area contributed by atoms with Crippen LogP contribution in [0.15, 0.2) is 124 Å². The molecule has 0 fully saturated rings. The standard InChI is InChI=1S/C24H19BrN2.C13H9BrN2.C11H13BrO/c1-14-10-15(2)23(16(3)11-14)22-13-26-24-19-7-5-4-6-18(19)20-12-17(25)8-9-21(20)27(22)24;14-8-5-6-12-11(7-8)9-3-1-2-4-10(9)13(15)16-12;1-7-4-8(2)11(9(3)5-7)10(12)6-13/h4-13H,1-3H3;1-7H,(H2,15,16);4-6,10H,1-3H3. The van der Waals surface area contributed by atoms with Gasteiger partial charge in [-0.1, -0.05) is 132 Å². The molecule has 3 aromatic heterocycles. The average molecular weight is 930 g/mol. The Morgan fingerprint density at radius 2 is 1.14 bits per heavy atom. The Morgan fingerprint density at radius 3 is 1.75 bits per heavy atom. The molecule has 9 aromatic rings. The summed E-state index contributed by atoms with van der Waals surface area (Å²) in [5.74, 6) is 0.588. The molecule has 3 heterocycles. The number of alkyl halides is 1. The Kier molecular flexibility index (Phi) is 11.5. The van der Waals surface area contributed by atoms with Gasteiger partial charge in [0.05, 0.1) is 27.8 Å². The van der Waals surface area contributed by atoms with Crippen molar-refractivity contribution in [1.82, 2.24) is 14.4 Å². The van der Waals surface area contributed by atoms with Crippen LogP contribution in [0.3, 0.4) is 0 Å². The number of benzene rings is 6. The number of carbonyl (C=O) groups excluding carboxylic acids is 1. The second kappa shape index (κ2) is 16.3. The van der Waals surface area contributed by atoms with Crippen LogP contribution < -0.4 is 5.73 Å². The number of halogens is 3. The number of hydrogen-bond acceptors (Lipinski definition) is 4. The predicted octanol–water partition coefficient (Wildman–Crippen LogP) is 14.0. The minimum atomic E-state index is -0.173. The summed E-state index contributed by atoms with van der Waals surface area (Å²) in [6.07, 6.45) is 2.94. The first kappa shape index (κ1) is 39.3. The molecule has 0 aliphatic rings. The molecule has 8 heteroatoms. The topological polar surface area (TPSA) is 73.3 Å². The fourth-order valence-corrected chi connectivity index (χ4v) is 9.47. The molecule has 0 bridgehead atoms. The van der Waals surface area contributed by atoms with E-state index in [9.17, 15) is 4.79 Å². The Hall–Kier alpha value is -4.89. The van der Waals surface area contributed by atoms with Gasteiger partial charge in [-0.25, -0.2) is 9.97 Å². The van der Waals surface area contributed by atoms with Crippen LogP contribution in [0.1, 0.15) is 43.8 Å². The zero-order valence-corrected chi connectivity index (χ0v) is 36.8. The van der Waals surface area contributed by atoms with Gasteiger partial charge in [0, 0.05) is 36.1 Å². The maximum atomic E-state index is 10.6. The van der Waals surface area contributed by atoms with E-state index in [1.165, 1.54) is 60.6 Å². The van der Waals surface area contributed by atoms with Crippen molar-refractivity contribution in [2.75, 3.05) is 5.73 Å². The first-order valence-electron chi connectivity index (χ1n) is 18.3. The lowest BCUT2D eigenvalue weighted by Crippen LogP contribution is -1.98. The molecule has 0 aliphatic carbocycles. The average Bonchev–Trinajstić information content (AvgIpc) is 3.60. The van der Waals surface area contributed by atoms with Crippen LogP contribution in [0.2, 0.25) is 0 Å². The van der Waals surface area contributed by atoms with Crippen LogP contribution in [-0.2, 0) is 4.79 Å². The lowest BCUT2D eigenvalue weighted by atomic mass is 9.97. The van der Waals surface area contributed by atoms with Crippen molar-refractivity contribution in [2.24, 2.45) is 0 Å². The molecule has 0 aliphatic heterocycles. The molecule has 5 nitrogen and oxygen atoms in total. The van der Waals surface area contributed by atoms with E-state index in [2.05, 4.69) is 164 Å². The van der Waals surface area contributed by atoms with Gasteiger partial charge in [-0.05, 0) is 117 Å². The van der Waals surface area contributed by atoms with E-state index in [0.717, 1.165) is 53.8 Å². The number of hydrogen-bond donors (Lipinski definition) is 1. The molecule has 0 amide bonds. The molecular formula is C48H41Br3N4O. The highest BCUT2D eigenvalue weighted by molar-refractivity contribution is 9.10. The quantitative estimate of drug-likeness (QED) is 0.109. The SMILES string of the molecule is Cc1cc(C)c(-c2cnc3c4ccccc4c4cc(Br)ccc4n23)c(C)c1.Cc1cc(C)c(C(Br)C=O)c(C)c1.Nc1nc2ccc(Br)cc2c2ccccc12. The predicted molar refractivity (Wildman–Crippen MR) is 247 cm³/mol. The third-order valence-corrected chi connectivity index (χ3v) is 11.8. The van der Waals surface area contributed by atoms with Crippen molar-refractivity contribution >= 4 is 109 Å². The summed E-state index contributed by atoms with van der Waals surface area (Å²) in [5.41, 5.74) is 20.0. The highest BCUT2D eigenvalue weighted by atomic mass is 79.9. The molecule has 1 atom stereocenters. The Balaban J connectivity index is 0.000000141. The van der Waals surface area contributed by atoms with Crippen LogP contribution in [0, 0.1) is 41.5 Å². The molecule has 0 radical (unpaired) electrons. The van der Waals surface area contributed by atoms with Crippen LogP contribution >= 0.6 is 47.8 Å². The van der Waals surface area contributed by atoms with E-state index in [1.807, 2.05) is 50.4 Å². The summed E-state index contributed by atoms with van der Waals surface area (Å²) in [6, 6.07) is 37.8. The van der Waals surface area contributed by atoms with E-state index in [4.69, 9.17) is 10.7 Å². The van der Waals surface area contributed by atoms with E-state index >= 15 is 0 Å². The lowest BCUT2D eigenvalue weighted by molar-refractivity contribution is -0.107. The Bertz CT molecular complexity index is 2920. The van der Waals surface area contributed by atoms with Crippen molar-refractivity contribution in [3.05, 3.63) is 163 Å². The first-order valence-corrected chi connectivity index (χ1v) is 20.8. The number of pyridine rings is 2. The van der Waals surface area contributed by atoms with E-state index in [-0.39, 0.29) is 4.83 Å². The minimum Gasteiger partial charge on any atom is -0.383 e. The van der Waals surface area contributed by atoms with Crippen LogP contribution in [0.25, 0.3) is 60.3 Å². The summed E-state index contributed by atoms with van der Waals surface area (Å²) < 4.78 is 4.45. The molecular weight excluding hydrogens is 888 g/mol. The number of nitrogens with zero attached hydrogens (tertiary/aromatic N) is 3. The van der Waals surface area contributed by atoms with Crippen LogP contribution in [0.4, 0.5) is 5.82 Å². The third kappa shape index (κ3) is 7.62. The second-order valence-corrected chi connectivity index (χ2v) is 17.2. The number of rotatable bonds is 3. The highest BCUT2D eigenvalue weighted by Crippen LogP contribution is 2.37. The van der Waals surface area contributed by atoms with Gasteiger partial charge in [0.2, 0.25) is 0 Å². The molecule has 9 rings (SSSR count). The number of anilines is 1. The van der Waals surface area contributed by atoms with Gasteiger partial charge in [-0.15, -0.1) is 0 Å². The zero-order chi connectivity index (χ0) is 39.8. The number of fused-ring (bicyclic) bond motifs is 9. The van der Waals surface area contributed by atoms with E-state index in [1.54, 1.807) is 0 Å². The smallest absolute Gasteiger partial charge is 0.145 e. The molecule has 6 aromatic carbocycles. The number of nitrogen functional groups attached to an aromatic ring is 1. The van der Waals surface area contributed by atoms with Gasteiger partial charge in [0.25, 0.3) is 0 Å². The highest BCUT2D eigenvalue weighted by Gasteiger charge is 2.17. The number of imidazole rings is 1. The maximum absolute atomic E-state index is 10.6. The number of aldehydes is 1. The molecule has 0 saturated heterocycles. The van der Waals surface area contributed by atoms with Gasteiger partial charge in [0.1, 0.15) is 17.8 Å².